The molecular weight excluding hydrogens is 372 g/mol. The Bertz CT molecular complexity index is 993. The molecule has 0 saturated heterocycles. The Morgan fingerprint density at radius 2 is 1.76 bits per heavy atom. The molecule has 7 heteroatoms. The van der Waals surface area contributed by atoms with E-state index in [1.165, 1.54) is 12.1 Å². The number of amides is 1. The molecular formula is C22H22N2O5. The average Bonchev–Trinajstić information content (AvgIpc) is 3.03. The van der Waals surface area contributed by atoms with Crippen molar-refractivity contribution in [3.63, 3.8) is 0 Å². The number of carbonyl (C=O) groups is 3. The van der Waals surface area contributed by atoms with E-state index in [0.717, 1.165) is 12.1 Å². The van der Waals surface area contributed by atoms with E-state index in [2.05, 4.69) is 10.6 Å². The normalized spacial score (nSPS) is 14.1. The smallest absolute Gasteiger partial charge is 0.338 e. The topological polar surface area (TPSA) is 105 Å². The molecule has 1 aliphatic heterocycles. The van der Waals surface area contributed by atoms with Crippen LogP contribution in [-0.4, -0.2) is 29.6 Å². The van der Waals surface area contributed by atoms with Crippen molar-refractivity contribution >= 4 is 34.8 Å². The summed E-state index contributed by atoms with van der Waals surface area (Å²) in [4.78, 5) is 35.7. The Kier molecular flexibility index (Phi) is 5.97. The second kappa shape index (κ2) is 8.60. The van der Waals surface area contributed by atoms with Gasteiger partial charge >= 0.3 is 11.9 Å². The molecule has 0 atom stereocenters. The molecule has 29 heavy (non-hydrogen) atoms. The summed E-state index contributed by atoms with van der Waals surface area (Å²) in [5.41, 5.74) is 3.77. The van der Waals surface area contributed by atoms with Crippen molar-refractivity contribution in [3.8, 4) is 0 Å². The molecule has 0 aromatic heterocycles. The quantitative estimate of drug-likeness (QED) is 0.482. The molecule has 1 aliphatic rings. The second-order valence-corrected chi connectivity index (χ2v) is 6.55. The number of ether oxygens (including phenoxy) is 1. The zero-order chi connectivity index (χ0) is 21.0. The number of allylic oxidation sites excluding steroid dienone is 1. The number of hydrogen-bond donors (Lipinski definition) is 3. The van der Waals surface area contributed by atoms with Crippen molar-refractivity contribution in [2.24, 2.45) is 0 Å². The molecule has 3 N–H and O–H groups in total. The molecule has 0 aliphatic carbocycles. The van der Waals surface area contributed by atoms with Gasteiger partial charge in [0, 0.05) is 16.9 Å². The Hall–Kier alpha value is -3.61. The molecule has 2 aromatic rings. The minimum absolute atomic E-state index is 0.190. The van der Waals surface area contributed by atoms with Crippen molar-refractivity contribution in [3.05, 3.63) is 64.9 Å². The van der Waals surface area contributed by atoms with Crippen LogP contribution in [0.15, 0.2) is 48.2 Å². The summed E-state index contributed by atoms with van der Waals surface area (Å²) in [5.74, 6) is -1.68. The van der Waals surface area contributed by atoms with Crippen molar-refractivity contribution < 1.29 is 24.2 Å². The molecule has 2 aromatic carbocycles. The van der Waals surface area contributed by atoms with E-state index in [-0.39, 0.29) is 18.1 Å². The number of nitrogens with one attached hydrogen (secondary N) is 2. The summed E-state index contributed by atoms with van der Waals surface area (Å²) in [6, 6.07) is 11.3. The highest BCUT2D eigenvalue weighted by Gasteiger charge is 2.28. The number of aromatic carboxylic acids is 1. The van der Waals surface area contributed by atoms with Crippen LogP contribution in [0.25, 0.3) is 5.57 Å². The van der Waals surface area contributed by atoms with Crippen LogP contribution in [0.3, 0.4) is 0 Å². The zero-order valence-corrected chi connectivity index (χ0v) is 16.2. The molecule has 1 amide bonds. The summed E-state index contributed by atoms with van der Waals surface area (Å²) < 4.78 is 5.02. The maximum atomic E-state index is 12.7. The van der Waals surface area contributed by atoms with Crippen molar-refractivity contribution in [1.82, 2.24) is 0 Å². The van der Waals surface area contributed by atoms with Crippen LogP contribution in [0.1, 0.15) is 53.0 Å². The van der Waals surface area contributed by atoms with E-state index in [1.54, 1.807) is 37.3 Å². The van der Waals surface area contributed by atoms with Gasteiger partial charge in [0.1, 0.15) is 0 Å². The third-order valence-electron chi connectivity index (χ3n) is 4.50. The second-order valence-electron chi connectivity index (χ2n) is 6.55. The zero-order valence-electron chi connectivity index (χ0n) is 16.2. The predicted octanol–water partition coefficient (Wildman–Crippen LogP) is 4.14. The fraction of sp³-hybridized carbons (Fsp3) is 0.227. The standard InChI is InChI=1S/C22H22N2O5/c1-3-5-17(23-15-9-6-13(7-10-15)21(26)27)19-16-11-8-14(22(28)29-4-2)12-18(16)24-20(19)25/h6-12,23H,3-5H2,1-2H3,(H,24,25)(H,26,27). The first-order valence-electron chi connectivity index (χ1n) is 9.41. The fourth-order valence-corrected chi connectivity index (χ4v) is 3.18. The largest absolute Gasteiger partial charge is 0.478 e. The van der Waals surface area contributed by atoms with E-state index in [0.29, 0.717) is 34.5 Å². The van der Waals surface area contributed by atoms with Crippen molar-refractivity contribution in [2.75, 3.05) is 17.2 Å². The van der Waals surface area contributed by atoms with Gasteiger partial charge in [0.25, 0.3) is 5.91 Å². The molecule has 0 fully saturated rings. The van der Waals surface area contributed by atoms with Crippen LogP contribution >= 0.6 is 0 Å². The summed E-state index contributed by atoms with van der Waals surface area (Å²) >= 11 is 0. The van der Waals surface area contributed by atoms with Gasteiger partial charge < -0.3 is 20.5 Å². The van der Waals surface area contributed by atoms with Crippen LogP contribution in [0.5, 0.6) is 0 Å². The molecule has 150 valence electrons. The highest BCUT2D eigenvalue weighted by Crippen LogP contribution is 2.36. The van der Waals surface area contributed by atoms with E-state index in [4.69, 9.17) is 9.84 Å². The number of rotatable bonds is 7. The first kappa shape index (κ1) is 20.1. The van der Waals surface area contributed by atoms with Gasteiger partial charge in [0.2, 0.25) is 0 Å². The highest BCUT2D eigenvalue weighted by atomic mass is 16.5. The van der Waals surface area contributed by atoms with E-state index < -0.39 is 11.9 Å². The van der Waals surface area contributed by atoms with Crippen molar-refractivity contribution in [2.45, 2.75) is 26.7 Å². The summed E-state index contributed by atoms with van der Waals surface area (Å²) in [6.07, 6.45) is 1.44. The number of carboxylic acid groups (broad SMARTS) is 1. The predicted molar refractivity (Wildman–Crippen MR) is 110 cm³/mol. The average molecular weight is 394 g/mol. The van der Waals surface area contributed by atoms with Crippen LogP contribution in [-0.2, 0) is 9.53 Å². The molecule has 7 nitrogen and oxygen atoms in total. The van der Waals surface area contributed by atoms with E-state index in [1.807, 2.05) is 6.92 Å². The third kappa shape index (κ3) is 4.29. The fourth-order valence-electron chi connectivity index (χ4n) is 3.18. The summed E-state index contributed by atoms with van der Waals surface area (Å²) in [7, 11) is 0. The first-order chi connectivity index (χ1) is 13.9. The number of carbonyl (C=O) groups excluding carboxylic acids is 2. The van der Waals surface area contributed by atoms with Crippen LogP contribution in [0.4, 0.5) is 11.4 Å². The number of carboxylic acids is 1. The SMILES string of the molecule is CCCC(Nc1ccc(C(=O)O)cc1)=C1C(=O)Nc2cc(C(=O)OCC)ccc21. The van der Waals surface area contributed by atoms with Gasteiger partial charge in [-0.25, -0.2) is 9.59 Å². The van der Waals surface area contributed by atoms with Crippen LogP contribution in [0, 0.1) is 0 Å². The molecule has 0 unspecified atom stereocenters. The Morgan fingerprint density at radius 1 is 1.07 bits per heavy atom. The Morgan fingerprint density at radius 3 is 2.38 bits per heavy atom. The lowest BCUT2D eigenvalue weighted by molar-refractivity contribution is -0.110. The van der Waals surface area contributed by atoms with Crippen molar-refractivity contribution in [1.29, 1.82) is 0 Å². The lowest BCUT2D eigenvalue weighted by Crippen LogP contribution is -2.10. The summed E-state index contributed by atoms with van der Waals surface area (Å²) in [5, 5.41) is 15.1. The van der Waals surface area contributed by atoms with Gasteiger partial charge in [-0.3, -0.25) is 4.79 Å². The minimum atomic E-state index is -0.995. The van der Waals surface area contributed by atoms with Gasteiger partial charge in [-0.15, -0.1) is 0 Å². The number of anilines is 2. The highest BCUT2D eigenvalue weighted by molar-refractivity contribution is 6.32. The van der Waals surface area contributed by atoms with Crippen LogP contribution in [0.2, 0.25) is 0 Å². The Labute approximate surface area is 168 Å². The van der Waals surface area contributed by atoms with Gasteiger partial charge in [0.15, 0.2) is 0 Å². The molecule has 1 heterocycles. The van der Waals surface area contributed by atoms with E-state index >= 15 is 0 Å². The maximum Gasteiger partial charge on any atom is 0.338 e. The molecule has 0 spiro atoms. The molecule has 0 saturated carbocycles. The third-order valence-corrected chi connectivity index (χ3v) is 4.50. The van der Waals surface area contributed by atoms with Gasteiger partial charge in [-0.1, -0.05) is 19.4 Å². The molecule has 0 radical (unpaired) electrons. The number of hydrogen-bond acceptors (Lipinski definition) is 5. The first-order valence-corrected chi connectivity index (χ1v) is 9.41. The van der Waals surface area contributed by atoms with E-state index in [9.17, 15) is 14.4 Å². The molecule has 3 rings (SSSR count). The monoisotopic (exact) mass is 394 g/mol. The number of esters is 1. The lowest BCUT2D eigenvalue weighted by atomic mass is 10.0. The number of fused-ring (bicyclic) bond motifs is 1. The van der Waals surface area contributed by atoms with Gasteiger partial charge in [-0.05, 0) is 49.7 Å². The Balaban J connectivity index is 1.97. The minimum Gasteiger partial charge on any atom is -0.478 e. The van der Waals surface area contributed by atoms with Gasteiger partial charge in [-0.2, -0.15) is 0 Å². The van der Waals surface area contributed by atoms with Crippen LogP contribution < -0.4 is 10.6 Å². The summed E-state index contributed by atoms with van der Waals surface area (Å²) in [6.45, 7) is 4.02. The molecule has 0 bridgehead atoms. The van der Waals surface area contributed by atoms with Gasteiger partial charge in [0.05, 0.1) is 29.0 Å². The lowest BCUT2D eigenvalue weighted by Gasteiger charge is -2.14. The number of benzene rings is 2. The maximum absolute atomic E-state index is 12.7.